The van der Waals surface area contributed by atoms with Crippen molar-refractivity contribution in [1.82, 2.24) is 20.5 Å². The molecule has 1 saturated carbocycles. The summed E-state index contributed by atoms with van der Waals surface area (Å²) in [6.07, 6.45) is 10.4. The van der Waals surface area contributed by atoms with E-state index in [1.54, 1.807) is 11.9 Å². The van der Waals surface area contributed by atoms with Gasteiger partial charge >= 0.3 is 0 Å². The van der Waals surface area contributed by atoms with E-state index in [9.17, 15) is 24.6 Å². The predicted octanol–water partition coefficient (Wildman–Crippen LogP) is 5.87. The van der Waals surface area contributed by atoms with E-state index in [-0.39, 0.29) is 31.1 Å². The summed E-state index contributed by atoms with van der Waals surface area (Å²) in [5.74, 6) is 1.00. The SMILES string of the molecule is C#CC[C@H](NC(=O)[C@@H](CC(=O)N(C)CCc1ccc2c(Cl)cccc2n1)Cc1ccccc1)C(=O)N[C@@H](CC1CCCCC1)[C@@H](O)[C@@H](O)CC(C)C. The second-order valence-corrected chi connectivity index (χ2v) is 15.2. The van der Waals surface area contributed by atoms with Gasteiger partial charge in [0.15, 0.2) is 0 Å². The summed E-state index contributed by atoms with van der Waals surface area (Å²) >= 11 is 6.30. The molecule has 0 spiro atoms. The number of fused-ring (bicyclic) bond motifs is 1. The second-order valence-electron chi connectivity index (χ2n) is 14.8. The fourth-order valence-corrected chi connectivity index (χ4v) is 7.32. The molecule has 1 heterocycles. The van der Waals surface area contributed by atoms with Crippen molar-refractivity contribution in [3.63, 3.8) is 0 Å². The van der Waals surface area contributed by atoms with Gasteiger partial charge < -0.3 is 25.7 Å². The van der Waals surface area contributed by atoms with Crippen LogP contribution in [-0.4, -0.2) is 75.7 Å². The Morgan fingerprint density at radius 3 is 2.40 bits per heavy atom. The summed E-state index contributed by atoms with van der Waals surface area (Å²) in [6, 6.07) is 17.1. The minimum atomic E-state index is -1.17. The van der Waals surface area contributed by atoms with Crippen LogP contribution in [0.1, 0.15) is 82.9 Å². The minimum absolute atomic E-state index is 0.0752. The molecule has 1 aromatic heterocycles. The Morgan fingerprint density at radius 2 is 1.71 bits per heavy atom. The normalized spacial score (nSPS) is 16.3. The number of amides is 3. The molecule has 0 unspecified atom stereocenters. The number of aromatic nitrogens is 1. The molecular formula is C42H55ClN4O5. The van der Waals surface area contributed by atoms with Crippen molar-refractivity contribution in [3.05, 3.63) is 76.9 Å². The van der Waals surface area contributed by atoms with Crippen molar-refractivity contribution in [1.29, 1.82) is 0 Å². The van der Waals surface area contributed by atoms with Crippen molar-refractivity contribution < 1.29 is 24.6 Å². The molecule has 10 heteroatoms. The summed E-state index contributed by atoms with van der Waals surface area (Å²) in [4.78, 5) is 47.6. The number of likely N-dealkylation sites (N-methyl/N-ethyl adjacent to an activating group) is 1. The Labute approximate surface area is 313 Å². The maximum absolute atomic E-state index is 14.0. The largest absolute Gasteiger partial charge is 0.390 e. The molecular weight excluding hydrogens is 676 g/mol. The zero-order valence-electron chi connectivity index (χ0n) is 30.8. The lowest BCUT2D eigenvalue weighted by atomic mass is 9.82. The van der Waals surface area contributed by atoms with Gasteiger partial charge in [-0.25, -0.2) is 0 Å². The number of nitrogens with zero attached hydrogens (tertiary/aromatic N) is 2. The predicted molar refractivity (Wildman–Crippen MR) is 206 cm³/mol. The van der Waals surface area contributed by atoms with Gasteiger partial charge in [0, 0.05) is 49.0 Å². The second kappa shape index (κ2) is 20.3. The number of carbonyl (C=O) groups excluding carboxylic acids is 3. The van der Waals surface area contributed by atoms with Crippen LogP contribution in [0.15, 0.2) is 60.7 Å². The molecule has 2 aromatic carbocycles. The van der Waals surface area contributed by atoms with Crippen LogP contribution in [0, 0.1) is 30.1 Å². The highest BCUT2D eigenvalue weighted by Crippen LogP contribution is 2.29. The first-order valence-electron chi connectivity index (χ1n) is 18.7. The molecule has 3 amide bonds. The molecule has 1 aliphatic rings. The van der Waals surface area contributed by atoms with E-state index in [4.69, 9.17) is 23.0 Å². The standard InChI is InChI=1S/C42H55ClN4O5/c1-5-13-36(42(52)46-37(26-30-16-10-7-11-17-30)40(50)38(48)24-28(2)3)45-41(51)31(25-29-14-8-6-9-15-29)27-39(49)47(4)23-22-32-20-21-33-34(43)18-12-19-35(33)44-32/h1,6,8-9,12,14-15,18-21,28,30-31,36-38,40,48,50H,7,10-11,13,16-17,22-27H2,2-4H3,(H,45,51)(H,46,52)/t31-,36+,37+,38+,40-/m1/s1. The van der Waals surface area contributed by atoms with E-state index in [0.717, 1.165) is 47.8 Å². The van der Waals surface area contributed by atoms with Gasteiger partial charge in [-0.15, -0.1) is 12.3 Å². The maximum Gasteiger partial charge on any atom is 0.243 e. The molecule has 3 aromatic rings. The summed E-state index contributed by atoms with van der Waals surface area (Å²) in [5.41, 5.74) is 2.48. The molecule has 4 N–H and O–H groups in total. The van der Waals surface area contributed by atoms with E-state index >= 15 is 0 Å². The van der Waals surface area contributed by atoms with E-state index in [1.807, 2.05) is 74.5 Å². The lowest BCUT2D eigenvalue weighted by molar-refractivity contribution is -0.136. The average molecular weight is 731 g/mol. The number of terminal acetylenes is 1. The number of pyridine rings is 1. The average Bonchev–Trinajstić information content (AvgIpc) is 3.13. The molecule has 5 atom stereocenters. The molecule has 0 aliphatic heterocycles. The van der Waals surface area contributed by atoms with Gasteiger partial charge in [0.05, 0.1) is 23.6 Å². The number of carbonyl (C=O) groups is 3. The third kappa shape index (κ3) is 12.3. The van der Waals surface area contributed by atoms with Crippen LogP contribution in [0.4, 0.5) is 0 Å². The number of rotatable bonds is 18. The Balaban J connectivity index is 1.45. The molecule has 9 nitrogen and oxygen atoms in total. The molecule has 4 rings (SSSR count). The quantitative estimate of drug-likeness (QED) is 0.121. The van der Waals surface area contributed by atoms with Crippen LogP contribution in [0.25, 0.3) is 10.9 Å². The van der Waals surface area contributed by atoms with Crippen LogP contribution in [0.3, 0.4) is 0 Å². The summed E-state index contributed by atoms with van der Waals surface area (Å²) in [7, 11) is 1.71. The van der Waals surface area contributed by atoms with Crippen LogP contribution in [0.2, 0.25) is 5.02 Å². The van der Waals surface area contributed by atoms with Crippen LogP contribution in [-0.2, 0) is 27.2 Å². The van der Waals surface area contributed by atoms with Crippen molar-refractivity contribution in [2.45, 2.75) is 109 Å². The topological polar surface area (TPSA) is 132 Å². The summed E-state index contributed by atoms with van der Waals surface area (Å²) in [5, 5.41) is 29.4. The molecule has 0 bridgehead atoms. The van der Waals surface area contributed by atoms with Crippen molar-refractivity contribution in [2.75, 3.05) is 13.6 Å². The van der Waals surface area contributed by atoms with E-state index in [0.29, 0.717) is 36.7 Å². The highest BCUT2D eigenvalue weighted by atomic mass is 35.5. The van der Waals surface area contributed by atoms with Crippen LogP contribution >= 0.6 is 11.6 Å². The van der Waals surface area contributed by atoms with Crippen molar-refractivity contribution in [3.8, 4) is 12.3 Å². The van der Waals surface area contributed by atoms with E-state index in [1.165, 1.54) is 6.42 Å². The smallest absolute Gasteiger partial charge is 0.243 e. The third-order valence-electron chi connectivity index (χ3n) is 10.1. The fraction of sp³-hybridized carbons (Fsp3) is 0.524. The van der Waals surface area contributed by atoms with Gasteiger partial charge in [0.1, 0.15) is 12.1 Å². The van der Waals surface area contributed by atoms with Crippen molar-refractivity contribution >= 4 is 40.2 Å². The molecule has 280 valence electrons. The molecule has 1 aliphatic carbocycles. The van der Waals surface area contributed by atoms with Gasteiger partial charge in [-0.3, -0.25) is 19.4 Å². The monoisotopic (exact) mass is 730 g/mol. The minimum Gasteiger partial charge on any atom is -0.390 e. The Hall–Kier alpha value is -3.97. The highest BCUT2D eigenvalue weighted by molar-refractivity contribution is 6.35. The Bertz CT molecular complexity index is 1660. The molecule has 1 fully saturated rings. The lowest BCUT2D eigenvalue weighted by Crippen LogP contribution is -2.56. The number of aliphatic hydroxyl groups is 2. The lowest BCUT2D eigenvalue weighted by Gasteiger charge is -2.33. The van der Waals surface area contributed by atoms with Gasteiger partial charge in [-0.2, -0.15) is 0 Å². The van der Waals surface area contributed by atoms with Gasteiger partial charge in [-0.1, -0.05) is 94.0 Å². The Morgan fingerprint density at radius 1 is 0.981 bits per heavy atom. The zero-order chi connectivity index (χ0) is 37.6. The van der Waals surface area contributed by atoms with Gasteiger partial charge in [0.25, 0.3) is 0 Å². The van der Waals surface area contributed by atoms with Crippen LogP contribution < -0.4 is 10.6 Å². The zero-order valence-corrected chi connectivity index (χ0v) is 31.5. The number of hydrogen-bond acceptors (Lipinski definition) is 6. The first-order valence-corrected chi connectivity index (χ1v) is 19.0. The maximum atomic E-state index is 14.0. The summed E-state index contributed by atoms with van der Waals surface area (Å²) in [6.45, 7) is 4.33. The molecule has 0 radical (unpaired) electrons. The molecule has 0 saturated heterocycles. The number of aliphatic hydroxyl groups excluding tert-OH is 2. The summed E-state index contributed by atoms with van der Waals surface area (Å²) < 4.78 is 0. The molecule has 52 heavy (non-hydrogen) atoms. The van der Waals surface area contributed by atoms with E-state index in [2.05, 4.69) is 16.6 Å². The highest BCUT2D eigenvalue weighted by Gasteiger charge is 2.34. The van der Waals surface area contributed by atoms with Gasteiger partial charge in [-0.05, 0) is 60.9 Å². The first kappa shape index (κ1) is 40.8. The van der Waals surface area contributed by atoms with Crippen LogP contribution in [0.5, 0.6) is 0 Å². The number of hydrogen-bond donors (Lipinski definition) is 4. The number of benzene rings is 2. The first-order chi connectivity index (χ1) is 24.9. The number of nitrogens with one attached hydrogen (secondary N) is 2. The van der Waals surface area contributed by atoms with Gasteiger partial charge in [0.2, 0.25) is 17.7 Å². The van der Waals surface area contributed by atoms with Crippen molar-refractivity contribution in [2.24, 2.45) is 17.8 Å². The Kier molecular flexibility index (Phi) is 15.9. The number of halogens is 1. The third-order valence-corrected chi connectivity index (χ3v) is 10.4. The fourth-order valence-electron chi connectivity index (χ4n) is 7.08. The van der Waals surface area contributed by atoms with E-state index < -0.39 is 42.0 Å².